The molecule has 0 aliphatic carbocycles. The predicted molar refractivity (Wildman–Crippen MR) is 51.4 cm³/mol. The Labute approximate surface area is 81.0 Å². The molecular formula is C9H10N2O3. The number of hydrazone groups is 1. The van der Waals surface area contributed by atoms with Crippen LogP contribution in [-0.4, -0.2) is 17.4 Å². The molecule has 14 heavy (non-hydrogen) atoms. The van der Waals surface area contributed by atoms with Crippen LogP contribution in [0.1, 0.15) is 6.92 Å². The second kappa shape index (κ2) is 4.86. The summed E-state index contributed by atoms with van der Waals surface area (Å²) in [6.45, 7) is 1.65. The second-order valence-corrected chi connectivity index (χ2v) is 2.36. The zero-order chi connectivity index (χ0) is 10.4. The van der Waals surface area contributed by atoms with E-state index in [4.69, 9.17) is 4.74 Å². The molecule has 0 bridgehead atoms. The van der Waals surface area contributed by atoms with E-state index in [-0.39, 0.29) is 11.5 Å². The fraction of sp³-hybridized carbons (Fsp3) is 0.111. The smallest absolute Gasteiger partial charge is 0.433 e. The summed E-state index contributed by atoms with van der Waals surface area (Å²) < 4.78 is 4.73. The van der Waals surface area contributed by atoms with Gasteiger partial charge in [0, 0.05) is 6.21 Å². The third-order valence-corrected chi connectivity index (χ3v) is 1.35. The van der Waals surface area contributed by atoms with E-state index in [1.165, 1.54) is 18.3 Å². The normalized spacial score (nSPS) is 10.1. The molecule has 0 aliphatic rings. The zero-order valence-corrected chi connectivity index (χ0v) is 7.60. The Hall–Kier alpha value is -2.04. The van der Waals surface area contributed by atoms with Gasteiger partial charge in [-0.15, -0.1) is 0 Å². The fourth-order valence-electron chi connectivity index (χ4n) is 0.783. The number of rotatable bonds is 2. The van der Waals surface area contributed by atoms with Gasteiger partial charge in [-0.2, -0.15) is 5.10 Å². The van der Waals surface area contributed by atoms with Crippen molar-refractivity contribution in [3.05, 3.63) is 24.3 Å². The van der Waals surface area contributed by atoms with Gasteiger partial charge in [-0.25, -0.2) is 10.2 Å². The lowest BCUT2D eigenvalue weighted by Crippen LogP contribution is -2.21. The summed E-state index contributed by atoms with van der Waals surface area (Å²) in [5.41, 5.74) is 2.11. The molecular weight excluding hydrogens is 184 g/mol. The lowest BCUT2D eigenvalue weighted by atomic mass is 10.3. The Balaban J connectivity index is 2.60. The largest absolute Gasteiger partial charge is 0.504 e. The molecule has 0 fully saturated rings. The molecule has 0 atom stereocenters. The van der Waals surface area contributed by atoms with Crippen LogP contribution in [0.2, 0.25) is 0 Å². The summed E-state index contributed by atoms with van der Waals surface area (Å²) in [5, 5.41) is 12.7. The Kier molecular flexibility index (Phi) is 3.49. The average molecular weight is 194 g/mol. The van der Waals surface area contributed by atoms with Crippen molar-refractivity contribution in [1.29, 1.82) is 0 Å². The first kappa shape index (κ1) is 10.0. The molecule has 1 aromatic carbocycles. The van der Waals surface area contributed by atoms with E-state index < -0.39 is 6.09 Å². The van der Waals surface area contributed by atoms with E-state index in [1.54, 1.807) is 19.1 Å². The molecule has 2 N–H and O–H groups in total. The summed E-state index contributed by atoms with van der Waals surface area (Å²) in [6, 6.07) is 6.17. The van der Waals surface area contributed by atoms with Crippen molar-refractivity contribution in [2.24, 2.45) is 5.10 Å². The number of carbonyl (C=O) groups excluding carboxylic acids is 1. The molecule has 1 aromatic rings. The maximum absolute atomic E-state index is 11.0. The van der Waals surface area contributed by atoms with Gasteiger partial charge < -0.3 is 9.84 Å². The molecule has 0 saturated heterocycles. The van der Waals surface area contributed by atoms with Crippen LogP contribution in [0.15, 0.2) is 29.4 Å². The number of benzene rings is 1. The first-order chi connectivity index (χ1) is 6.74. The van der Waals surface area contributed by atoms with Crippen LogP contribution < -0.4 is 10.2 Å². The third kappa shape index (κ3) is 2.78. The average Bonchev–Trinajstić information content (AvgIpc) is 2.18. The molecule has 0 aromatic heterocycles. The molecule has 0 unspecified atom stereocenters. The molecule has 1 rings (SSSR count). The summed E-state index contributed by atoms with van der Waals surface area (Å²) in [5.74, 6) is -0.000527. The van der Waals surface area contributed by atoms with Crippen molar-refractivity contribution in [2.45, 2.75) is 6.92 Å². The first-order valence-corrected chi connectivity index (χ1v) is 3.97. The minimum atomic E-state index is -0.746. The molecule has 1 amide bonds. The number of phenolic OH excluding ortho intramolecular Hbond substituents is 1. The topological polar surface area (TPSA) is 70.9 Å². The number of para-hydroxylation sites is 2. The number of phenols is 1. The van der Waals surface area contributed by atoms with E-state index in [2.05, 4.69) is 10.5 Å². The quantitative estimate of drug-likeness (QED) is 0.553. The summed E-state index contributed by atoms with van der Waals surface area (Å²) in [7, 11) is 0. The molecule has 0 spiro atoms. The van der Waals surface area contributed by atoms with E-state index in [0.717, 1.165) is 0 Å². The third-order valence-electron chi connectivity index (χ3n) is 1.35. The van der Waals surface area contributed by atoms with Crippen LogP contribution in [0.4, 0.5) is 4.79 Å². The second-order valence-electron chi connectivity index (χ2n) is 2.36. The van der Waals surface area contributed by atoms with Gasteiger partial charge in [0.05, 0.1) is 0 Å². The SMILES string of the molecule is C/C=N/NC(=O)Oc1ccccc1O. The molecule has 5 nitrogen and oxygen atoms in total. The number of aromatic hydroxyl groups is 1. The highest BCUT2D eigenvalue weighted by Gasteiger charge is 2.05. The predicted octanol–water partition coefficient (Wildman–Crippen LogP) is 1.49. The minimum Gasteiger partial charge on any atom is -0.504 e. The van der Waals surface area contributed by atoms with Gasteiger partial charge in [-0.05, 0) is 19.1 Å². The highest BCUT2D eigenvalue weighted by atomic mass is 16.6. The maximum atomic E-state index is 11.0. The lowest BCUT2D eigenvalue weighted by molar-refractivity contribution is 0.199. The minimum absolute atomic E-state index is 0.0938. The van der Waals surface area contributed by atoms with Gasteiger partial charge in [0.2, 0.25) is 0 Å². The summed E-state index contributed by atoms with van der Waals surface area (Å²) in [6.07, 6.45) is 0.663. The van der Waals surface area contributed by atoms with Crippen molar-refractivity contribution in [3.8, 4) is 11.5 Å². The van der Waals surface area contributed by atoms with Crippen molar-refractivity contribution in [3.63, 3.8) is 0 Å². The molecule has 0 aliphatic heterocycles. The van der Waals surface area contributed by atoms with E-state index in [9.17, 15) is 9.90 Å². The molecule has 0 radical (unpaired) electrons. The van der Waals surface area contributed by atoms with E-state index in [1.807, 2.05) is 0 Å². The lowest BCUT2D eigenvalue weighted by Gasteiger charge is -2.03. The highest BCUT2D eigenvalue weighted by Crippen LogP contribution is 2.24. The number of nitrogens with one attached hydrogen (secondary N) is 1. The first-order valence-electron chi connectivity index (χ1n) is 3.97. The molecule has 0 saturated carbocycles. The molecule has 5 heteroatoms. The standard InChI is InChI=1S/C9H10N2O3/c1-2-10-11-9(13)14-8-6-4-3-5-7(8)12/h2-6,12H,1H3,(H,11,13)/b10-2+. The van der Waals surface area contributed by atoms with Crippen molar-refractivity contribution >= 4 is 12.3 Å². The van der Waals surface area contributed by atoms with Crippen LogP contribution in [0.3, 0.4) is 0 Å². The number of hydrogen-bond donors (Lipinski definition) is 2. The van der Waals surface area contributed by atoms with Gasteiger partial charge in [-0.3, -0.25) is 0 Å². The highest BCUT2D eigenvalue weighted by molar-refractivity contribution is 5.72. The zero-order valence-electron chi connectivity index (χ0n) is 7.60. The molecule has 0 heterocycles. The van der Waals surface area contributed by atoms with Gasteiger partial charge in [-0.1, -0.05) is 12.1 Å². The Morgan fingerprint density at radius 2 is 2.29 bits per heavy atom. The Morgan fingerprint density at radius 3 is 2.93 bits per heavy atom. The van der Waals surface area contributed by atoms with Crippen molar-refractivity contribution in [1.82, 2.24) is 5.43 Å². The maximum Gasteiger partial charge on any atom is 0.433 e. The van der Waals surface area contributed by atoms with Gasteiger partial charge >= 0.3 is 6.09 Å². The van der Waals surface area contributed by atoms with Crippen molar-refractivity contribution in [2.75, 3.05) is 0 Å². The van der Waals surface area contributed by atoms with Crippen LogP contribution in [0.5, 0.6) is 11.5 Å². The summed E-state index contributed by atoms with van der Waals surface area (Å²) >= 11 is 0. The van der Waals surface area contributed by atoms with Crippen molar-refractivity contribution < 1.29 is 14.6 Å². The number of amides is 1. The summed E-state index contributed by atoms with van der Waals surface area (Å²) in [4.78, 5) is 11.0. The molecule has 74 valence electrons. The Morgan fingerprint density at radius 1 is 1.57 bits per heavy atom. The number of ether oxygens (including phenoxy) is 1. The van der Waals surface area contributed by atoms with Gasteiger partial charge in [0.1, 0.15) is 0 Å². The fourth-order valence-corrected chi connectivity index (χ4v) is 0.783. The van der Waals surface area contributed by atoms with Gasteiger partial charge in [0.25, 0.3) is 0 Å². The van der Waals surface area contributed by atoms with Crippen LogP contribution in [0, 0.1) is 0 Å². The van der Waals surface area contributed by atoms with E-state index in [0.29, 0.717) is 0 Å². The van der Waals surface area contributed by atoms with E-state index >= 15 is 0 Å². The van der Waals surface area contributed by atoms with Crippen LogP contribution in [-0.2, 0) is 0 Å². The van der Waals surface area contributed by atoms with Crippen LogP contribution >= 0.6 is 0 Å². The number of hydrogen-bond acceptors (Lipinski definition) is 4. The Bertz CT molecular complexity index is 350. The van der Waals surface area contributed by atoms with Gasteiger partial charge in [0.15, 0.2) is 11.5 Å². The monoisotopic (exact) mass is 194 g/mol. The number of carbonyl (C=O) groups is 1. The number of nitrogens with zero attached hydrogens (tertiary/aromatic N) is 1. The van der Waals surface area contributed by atoms with Crippen LogP contribution in [0.25, 0.3) is 0 Å².